The van der Waals surface area contributed by atoms with Crippen LogP contribution in [0.15, 0.2) is 24.3 Å². The molecule has 1 saturated heterocycles. The molecule has 39 heavy (non-hydrogen) atoms. The first-order chi connectivity index (χ1) is 18.6. The van der Waals surface area contributed by atoms with E-state index in [4.69, 9.17) is 48.2 Å². The summed E-state index contributed by atoms with van der Waals surface area (Å²) in [5.74, 6) is -0.503. The summed E-state index contributed by atoms with van der Waals surface area (Å²) in [6.07, 6.45) is 0. The number of carbonyl (C=O) groups is 3. The number of amides is 1. The van der Waals surface area contributed by atoms with Gasteiger partial charge in [-0.25, -0.2) is 9.59 Å². The molecule has 13 nitrogen and oxygen atoms in total. The molecule has 2 aromatic rings. The van der Waals surface area contributed by atoms with Crippen molar-refractivity contribution in [3.05, 3.63) is 35.4 Å². The Bertz CT molecular complexity index is 1100. The van der Waals surface area contributed by atoms with E-state index >= 15 is 0 Å². The third kappa shape index (κ3) is 7.80. The molecule has 1 heterocycles. The fourth-order valence-electron chi connectivity index (χ4n) is 3.98. The molecule has 0 radical (unpaired) electrons. The Morgan fingerprint density at radius 1 is 0.641 bits per heavy atom. The standard InChI is InChI=1S/C24H32N2O7.C2H2O4/c1-28-18-11-16(12-19(29-2)22(18)32-5)15-25-7-9-26(10-8-25)24(27)17-13-20(30-3)23(33-6)21(14-17)31-4;3-1(4)2(5)6/h11-14H,7-10,15H2,1-6H3;(H,3,4)(H,5,6). The predicted molar refractivity (Wildman–Crippen MR) is 139 cm³/mol. The third-order valence-corrected chi connectivity index (χ3v) is 5.88. The highest BCUT2D eigenvalue weighted by atomic mass is 16.5. The molecule has 1 fully saturated rings. The van der Waals surface area contributed by atoms with Gasteiger partial charge in [0.05, 0.1) is 42.7 Å². The van der Waals surface area contributed by atoms with Crippen LogP contribution in [0, 0.1) is 0 Å². The van der Waals surface area contributed by atoms with Gasteiger partial charge in [0.1, 0.15) is 0 Å². The minimum absolute atomic E-state index is 0.0679. The van der Waals surface area contributed by atoms with Crippen LogP contribution in [0.1, 0.15) is 15.9 Å². The maximum absolute atomic E-state index is 13.1. The lowest BCUT2D eigenvalue weighted by atomic mass is 10.1. The monoisotopic (exact) mass is 550 g/mol. The van der Waals surface area contributed by atoms with E-state index in [1.54, 1.807) is 33.5 Å². The molecule has 1 aliphatic rings. The third-order valence-electron chi connectivity index (χ3n) is 5.88. The van der Waals surface area contributed by atoms with Crippen molar-refractivity contribution in [2.45, 2.75) is 6.54 Å². The van der Waals surface area contributed by atoms with Crippen molar-refractivity contribution in [2.24, 2.45) is 0 Å². The summed E-state index contributed by atoms with van der Waals surface area (Å²) in [6, 6.07) is 7.28. The maximum Gasteiger partial charge on any atom is 0.414 e. The Balaban J connectivity index is 0.000000798. The van der Waals surface area contributed by atoms with Gasteiger partial charge in [-0.15, -0.1) is 0 Å². The molecule has 0 saturated carbocycles. The number of carboxylic acids is 2. The number of hydrogen-bond acceptors (Lipinski definition) is 10. The first-order valence-electron chi connectivity index (χ1n) is 11.7. The van der Waals surface area contributed by atoms with E-state index < -0.39 is 11.9 Å². The summed E-state index contributed by atoms with van der Waals surface area (Å²) in [6.45, 7) is 3.42. The quantitative estimate of drug-likeness (QED) is 0.438. The summed E-state index contributed by atoms with van der Waals surface area (Å²) in [7, 11) is 9.41. The number of benzene rings is 2. The van der Waals surface area contributed by atoms with Crippen molar-refractivity contribution < 1.29 is 53.0 Å². The number of carbonyl (C=O) groups excluding carboxylic acids is 1. The van der Waals surface area contributed by atoms with Crippen LogP contribution in [-0.4, -0.2) is 107 Å². The molecule has 0 aromatic heterocycles. The van der Waals surface area contributed by atoms with Crippen molar-refractivity contribution in [1.29, 1.82) is 0 Å². The van der Waals surface area contributed by atoms with Gasteiger partial charge in [-0.1, -0.05) is 0 Å². The maximum atomic E-state index is 13.1. The average Bonchev–Trinajstić information content (AvgIpc) is 2.95. The lowest BCUT2D eigenvalue weighted by Crippen LogP contribution is -2.48. The van der Waals surface area contributed by atoms with Crippen molar-refractivity contribution in [3.8, 4) is 34.5 Å². The molecule has 2 aromatic carbocycles. The van der Waals surface area contributed by atoms with Crippen molar-refractivity contribution in [3.63, 3.8) is 0 Å². The van der Waals surface area contributed by atoms with Crippen LogP contribution in [0.4, 0.5) is 0 Å². The van der Waals surface area contributed by atoms with Crippen molar-refractivity contribution in [1.82, 2.24) is 9.80 Å². The highest BCUT2D eigenvalue weighted by Gasteiger charge is 2.25. The van der Waals surface area contributed by atoms with E-state index in [1.165, 1.54) is 21.3 Å². The van der Waals surface area contributed by atoms with Gasteiger partial charge < -0.3 is 43.5 Å². The zero-order valence-corrected chi connectivity index (χ0v) is 22.8. The van der Waals surface area contributed by atoms with E-state index in [0.717, 1.165) is 18.7 Å². The number of piperazine rings is 1. The van der Waals surface area contributed by atoms with E-state index in [2.05, 4.69) is 4.90 Å². The number of hydrogen-bond donors (Lipinski definition) is 2. The molecular weight excluding hydrogens is 516 g/mol. The normalized spacial score (nSPS) is 12.9. The molecule has 3 rings (SSSR count). The fourth-order valence-corrected chi connectivity index (χ4v) is 3.98. The molecule has 1 amide bonds. The lowest BCUT2D eigenvalue weighted by Gasteiger charge is -2.35. The molecule has 1 aliphatic heterocycles. The smallest absolute Gasteiger partial charge is 0.414 e. The lowest BCUT2D eigenvalue weighted by molar-refractivity contribution is -0.159. The Hall–Kier alpha value is -4.39. The highest BCUT2D eigenvalue weighted by molar-refractivity contribution is 6.27. The number of nitrogens with zero attached hydrogens (tertiary/aromatic N) is 2. The summed E-state index contributed by atoms with van der Waals surface area (Å²) in [4.78, 5) is 35.5. The van der Waals surface area contributed by atoms with Crippen LogP contribution in [-0.2, 0) is 16.1 Å². The summed E-state index contributed by atoms with van der Waals surface area (Å²) in [5, 5.41) is 14.8. The number of rotatable bonds is 9. The van der Waals surface area contributed by atoms with E-state index in [-0.39, 0.29) is 5.91 Å². The molecular formula is C26H34N2O11. The second-order valence-corrected chi connectivity index (χ2v) is 8.13. The second kappa shape index (κ2) is 14.5. The van der Waals surface area contributed by atoms with Gasteiger partial charge in [-0.3, -0.25) is 9.69 Å². The molecule has 0 bridgehead atoms. The first-order valence-corrected chi connectivity index (χ1v) is 11.7. The van der Waals surface area contributed by atoms with Crippen LogP contribution in [0.3, 0.4) is 0 Å². The minimum Gasteiger partial charge on any atom is -0.493 e. The van der Waals surface area contributed by atoms with E-state index in [9.17, 15) is 4.79 Å². The van der Waals surface area contributed by atoms with Crippen LogP contribution in [0.2, 0.25) is 0 Å². The van der Waals surface area contributed by atoms with Crippen LogP contribution < -0.4 is 28.4 Å². The molecule has 0 atom stereocenters. The second-order valence-electron chi connectivity index (χ2n) is 8.13. The fraction of sp³-hybridized carbons (Fsp3) is 0.423. The summed E-state index contributed by atoms with van der Waals surface area (Å²) < 4.78 is 32.4. The van der Waals surface area contributed by atoms with Crippen molar-refractivity contribution in [2.75, 3.05) is 68.8 Å². The zero-order valence-electron chi connectivity index (χ0n) is 22.8. The van der Waals surface area contributed by atoms with Gasteiger partial charge in [0.25, 0.3) is 5.91 Å². The largest absolute Gasteiger partial charge is 0.493 e. The summed E-state index contributed by atoms with van der Waals surface area (Å²) >= 11 is 0. The molecule has 0 aliphatic carbocycles. The highest BCUT2D eigenvalue weighted by Crippen LogP contribution is 2.39. The van der Waals surface area contributed by atoms with Gasteiger partial charge >= 0.3 is 11.9 Å². The van der Waals surface area contributed by atoms with Crippen molar-refractivity contribution >= 4 is 17.8 Å². The SMILES string of the molecule is COc1cc(CN2CCN(C(=O)c3cc(OC)c(OC)c(OC)c3)CC2)cc(OC)c1OC.O=C(O)C(=O)O. The van der Waals surface area contributed by atoms with Crippen LogP contribution in [0.5, 0.6) is 34.5 Å². The van der Waals surface area contributed by atoms with Gasteiger partial charge in [-0.2, -0.15) is 0 Å². The average molecular weight is 551 g/mol. The number of carboxylic acid groups (broad SMARTS) is 2. The Labute approximate surface area is 226 Å². The predicted octanol–water partition coefficient (Wildman–Crippen LogP) is 1.85. The Kier molecular flexibility index (Phi) is 11.5. The van der Waals surface area contributed by atoms with Crippen LogP contribution >= 0.6 is 0 Å². The number of aliphatic carboxylic acids is 2. The Morgan fingerprint density at radius 3 is 1.36 bits per heavy atom. The molecule has 0 spiro atoms. The molecule has 0 unspecified atom stereocenters. The van der Waals surface area contributed by atoms with Gasteiger partial charge in [0.2, 0.25) is 11.5 Å². The van der Waals surface area contributed by atoms with Crippen LogP contribution in [0.25, 0.3) is 0 Å². The van der Waals surface area contributed by atoms with E-state index in [1.807, 2.05) is 17.0 Å². The van der Waals surface area contributed by atoms with Gasteiger partial charge in [0, 0.05) is 38.3 Å². The molecule has 13 heteroatoms. The van der Waals surface area contributed by atoms with Gasteiger partial charge in [0.15, 0.2) is 23.0 Å². The Morgan fingerprint density at radius 2 is 1.03 bits per heavy atom. The van der Waals surface area contributed by atoms with Gasteiger partial charge in [-0.05, 0) is 29.8 Å². The van der Waals surface area contributed by atoms with E-state index in [0.29, 0.717) is 59.7 Å². The first kappa shape index (κ1) is 30.8. The number of methoxy groups -OCH3 is 6. The summed E-state index contributed by atoms with van der Waals surface area (Å²) in [5.41, 5.74) is 1.55. The molecule has 214 valence electrons. The number of ether oxygens (including phenoxy) is 6. The zero-order chi connectivity index (χ0) is 29.1. The minimum atomic E-state index is -1.82. The topological polar surface area (TPSA) is 154 Å². The molecule has 2 N–H and O–H groups in total.